The molecule has 0 radical (unpaired) electrons. The highest BCUT2D eigenvalue weighted by molar-refractivity contribution is 7.80. The molecular formula is C17H25F2N4O3S+. The molecule has 1 amide bonds. The lowest BCUT2D eigenvalue weighted by atomic mass is 10.2. The number of alkyl halides is 2. The Morgan fingerprint density at radius 1 is 1.26 bits per heavy atom. The van der Waals surface area contributed by atoms with E-state index < -0.39 is 6.61 Å². The minimum Gasteiger partial charge on any atom is -0.435 e. The third kappa shape index (κ3) is 8.02. The summed E-state index contributed by atoms with van der Waals surface area (Å²) in [5.41, 5.74) is 5.73. The second kappa shape index (κ2) is 10.3. The number of hydrogen-bond donors (Lipinski definition) is 4. The molecule has 0 saturated carbocycles. The number of rotatable bonds is 6. The number of quaternary nitrogens is 1. The van der Waals surface area contributed by atoms with Gasteiger partial charge in [-0.25, -0.2) is 0 Å². The number of thiocarbonyl (C=S) groups is 1. The van der Waals surface area contributed by atoms with Gasteiger partial charge in [0.2, 0.25) is 5.91 Å². The van der Waals surface area contributed by atoms with E-state index in [0.717, 1.165) is 19.6 Å². The first-order chi connectivity index (χ1) is 12.8. The van der Waals surface area contributed by atoms with Crippen molar-refractivity contribution in [3.8, 4) is 5.75 Å². The molecule has 2 rings (SSSR count). The van der Waals surface area contributed by atoms with Crippen LogP contribution in [-0.4, -0.2) is 49.5 Å². The van der Waals surface area contributed by atoms with Crippen LogP contribution in [0.2, 0.25) is 0 Å². The maximum atomic E-state index is 12.1. The van der Waals surface area contributed by atoms with Gasteiger partial charge in [0.15, 0.2) is 5.11 Å². The van der Waals surface area contributed by atoms with Crippen molar-refractivity contribution < 1.29 is 27.9 Å². The molecule has 0 aromatic heterocycles. The molecule has 0 aliphatic carbocycles. The zero-order chi connectivity index (χ0) is 19.8. The molecule has 0 unspecified atom stereocenters. The first-order valence-corrected chi connectivity index (χ1v) is 9.12. The first-order valence-electron chi connectivity index (χ1n) is 8.71. The number of hydrazine groups is 1. The minimum atomic E-state index is -2.87. The van der Waals surface area contributed by atoms with Crippen molar-refractivity contribution in [1.29, 1.82) is 0 Å². The summed E-state index contributed by atoms with van der Waals surface area (Å²) in [5, 5.41) is 3.02. The van der Waals surface area contributed by atoms with Crippen LogP contribution in [-0.2, 0) is 9.53 Å². The van der Waals surface area contributed by atoms with Crippen molar-refractivity contribution in [1.82, 2.24) is 10.9 Å². The number of nitrogens with one attached hydrogen (secondary N) is 4. The SMILES string of the molecule is C[C@@H]1C[NH+](CCC(=O)NNC(=S)Nc2ccc(OC(F)F)cc2)C[C@@H](C)O1. The van der Waals surface area contributed by atoms with E-state index in [1.807, 2.05) is 13.8 Å². The summed E-state index contributed by atoms with van der Waals surface area (Å²) in [6, 6.07) is 5.86. The van der Waals surface area contributed by atoms with Crippen LogP contribution >= 0.6 is 12.2 Å². The van der Waals surface area contributed by atoms with Crippen molar-refractivity contribution in [2.75, 3.05) is 25.0 Å². The zero-order valence-electron chi connectivity index (χ0n) is 15.3. The number of carbonyl (C=O) groups is 1. The highest BCUT2D eigenvalue weighted by atomic mass is 32.1. The van der Waals surface area contributed by atoms with Crippen molar-refractivity contribution in [2.24, 2.45) is 0 Å². The van der Waals surface area contributed by atoms with Crippen LogP contribution in [0.1, 0.15) is 20.3 Å². The van der Waals surface area contributed by atoms with Gasteiger partial charge in [-0.05, 0) is 50.3 Å². The second-order valence-electron chi connectivity index (χ2n) is 6.45. The molecule has 1 fully saturated rings. The lowest BCUT2D eigenvalue weighted by molar-refractivity contribution is -0.914. The summed E-state index contributed by atoms with van der Waals surface area (Å²) < 4.78 is 34.2. The zero-order valence-corrected chi connectivity index (χ0v) is 16.1. The number of anilines is 1. The van der Waals surface area contributed by atoms with Crippen molar-refractivity contribution in [3.63, 3.8) is 0 Å². The molecule has 7 nitrogen and oxygen atoms in total. The molecular weight excluding hydrogens is 378 g/mol. The lowest BCUT2D eigenvalue weighted by Gasteiger charge is -2.32. The lowest BCUT2D eigenvalue weighted by Crippen LogP contribution is -3.15. The highest BCUT2D eigenvalue weighted by Crippen LogP contribution is 2.17. The van der Waals surface area contributed by atoms with Crippen molar-refractivity contribution in [2.45, 2.75) is 39.1 Å². The van der Waals surface area contributed by atoms with E-state index in [9.17, 15) is 13.6 Å². The molecule has 1 aliphatic rings. The van der Waals surface area contributed by atoms with Crippen LogP contribution in [0.3, 0.4) is 0 Å². The molecule has 1 saturated heterocycles. The summed E-state index contributed by atoms with van der Waals surface area (Å²) in [5.74, 6) is -0.115. The van der Waals surface area contributed by atoms with E-state index in [0.29, 0.717) is 12.1 Å². The number of amides is 1. The third-order valence-corrected chi connectivity index (χ3v) is 4.18. The normalized spacial score (nSPS) is 22.2. The Labute approximate surface area is 162 Å². The average molecular weight is 403 g/mol. The Balaban J connectivity index is 1.66. The molecule has 1 aromatic carbocycles. The van der Waals surface area contributed by atoms with Crippen LogP contribution < -0.4 is 25.8 Å². The van der Waals surface area contributed by atoms with E-state index in [1.165, 1.54) is 29.2 Å². The molecule has 1 heterocycles. The fourth-order valence-electron chi connectivity index (χ4n) is 2.95. The van der Waals surface area contributed by atoms with Gasteiger partial charge in [0, 0.05) is 5.69 Å². The smallest absolute Gasteiger partial charge is 0.387 e. The molecule has 0 bridgehead atoms. The quantitative estimate of drug-likeness (QED) is 0.414. The van der Waals surface area contributed by atoms with Crippen molar-refractivity contribution in [3.05, 3.63) is 24.3 Å². The number of hydrogen-bond acceptors (Lipinski definition) is 4. The molecule has 1 aromatic rings. The van der Waals surface area contributed by atoms with Gasteiger partial charge in [0.05, 0.1) is 13.0 Å². The Bertz CT molecular complexity index is 623. The van der Waals surface area contributed by atoms with Crippen LogP contribution in [0, 0.1) is 0 Å². The van der Waals surface area contributed by atoms with Gasteiger partial charge in [0.1, 0.15) is 31.0 Å². The van der Waals surface area contributed by atoms with E-state index in [1.54, 1.807) is 0 Å². The largest absolute Gasteiger partial charge is 0.435 e. The average Bonchev–Trinajstić information content (AvgIpc) is 2.58. The Kier molecular flexibility index (Phi) is 8.14. The Hall–Kier alpha value is -2.04. The predicted octanol–water partition coefficient (Wildman–Crippen LogP) is 0.688. The minimum absolute atomic E-state index is 0.0528. The van der Waals surface area contributed by atoms with E-state index in [2.05, 4.69) is 20.9 Å². The summed E-state index contributed by atoms with van der Waals surface area (Å²) >= 11 is 5.09. The maximum absolute atomic E-state index is 12.1. The topological polar surface area (TPSA) is 76.1 Å². The van der Waals surface area contributed by atoms with Crippen molar-refractivity contribution >= 4 is 28.9 Å². The van der Waals surface area contributed by atoms with Gasteiger partial charge in [-0.1, -0.05) is 0 Å². The van der Waals surface area contributed by atoms with Crippen LogP contribution in [0.25, 0.3) is 0 Å². The summed E-state index contributed by atoms with van der Waals surface area (Å²) in [6.45, 7) is 3.69. The van der Waals surface area contributed by atoms with Gasteiger partial charge in [0.25, 0.3) is 0 Å². The maximum Gasteiger partial charge on any atom is 0.387 e. The van der Waals surface area contributed by atoms with E-state index >= 15 is 0 Å². The van der Waals surface area contributed by atoms with Crippen LogP contribution in [0.15, 0.2) is 24.3 Å². The Morgan fingerprint density at radius 3 is 2.48 bits per heavy atom. The number of carbonyl (C=O) groups excluding carboxylic acids is 1. The van der Waals surface area contributed by atoms with Crippen LogP contribution in [0.5, 0.6) is 5.75 Å². The first kappa shape index (κ1) is 21.3. The molecule has 10 heteroatoms. The summed E-state index contributed by atoms with van der Waals surface area (Å²) in [4.78, 5) is 13.3. The fraction of sp³-hybridized carbons (Fsp3) is 0.529. The highest BCUT2D eigenvalue weighted by Gasteiger charge is 2.25. The van der Waals surface area contributed by atoms with Gasteiger partial charge in [-0.3, -0.25) is 15.6 Å². The van der Waals surface area contributed by atoms with E-state index in [4.69, 9.17) is 17.0 Å². The molecule has 27 heavy (non-hydrogen) atoms. The Morgan fingerprint density at radius 2 is 1.89 bits per heavy atom. The molecule has 1 aliphatic heterocycles. The van der Waals surface area contributed by atoms with Gasteiger partial charge >= 0.3 is 6.61 Å². The molecule has 0 spiro atoms. The van der Waals surface area contributed by atoms with Crippen LogP contribution in [0.4, 0.5) is 14.5 Å². The van der Waals surface area contributed by atoms with Gasteiger partial charge < -0.3 is 19.7 Å². The molecule has 2 atom stereocenters. The monoisotopic (exact) mass is 403 g/mol. The predicted molar refractivity (Wildman–Crippen MR) is 101 cm³/mol. The summed E-state index contributed by atoms with van der Waals surface area (Å²) in [6.07, 6.45) is 0.753. The molecule has 150 valence electrons. The fourth-order valence-corrected chi connectivity index (χ4v) is 3.12. The standard InChI is InChI=1S/C17H24F2N4O3S/c1-11-9-23(10-12(2)25-11)8-7-15(24)21-22-17(27)20-13-3-5-14(6-4-13)26-16(18)19/h3-6,11-12,16H,7-10H2,1-2H3,(H,21,24)(H2,20,22,27)/p+1/t11-,12-/m1/s1. The number of ether oxygens (including phenoxy) is 2. The number of morpholine rings is 1. The number of benzene rings is 1. The molecule has 4 N–H and O–H groups in total. The number of halogens is 2. The summed E-state index contributed by atoms with van der Waals surface area (Å²) in [7, 11) is 0. The van der Waals surface area contributed by atoms with Gasteiger partial charge in [-0.15, -0.1) is 0 Å². The van der Waals surface area contributed by atoms with E-state index in [-0.39, 0.29) is 29.0 Å². The second-order valence-corrected chi connectivity index (χ2v) is 6.85. The van der Waals surface area contributed by atoms with Gasteiger partial charge in [-0.2, -0.15) is 8.78 Å². The third-order valence-electron chi connectivity index (χ3n) is 3.98.